The van der Waals surface area contributed by atoms with Gasteiger partial charge >= 0.3 is 5.97 Å². The summed E-state index contributed by atoms with van der Waals surface area (Å²) in [5, 5.41) is 14.3. The topological polar surface area (TPSA) is 62.2 Å². The number of thiazole rings is 1. The van der Waals surface area contributed by atoms with Gasteiger partial charge in [-0.3, -0.25) is 0 Å². The number of anilines is 1. The molecule has 0 radical (unpaired) electrons. The third-order valence-electron chi connectivity index (χ3n) is 2.51. The SMILES string of the molecule is CC(Nc1cccc(F)c1)(C(=O)O)c1nccs1. The number of rotatable bonds is 4. The van der Waals surface area contributed by atoms with E-state index in [0.29, 0.717) is 10.7 Å². The molecule has 4 nitrogen and oxygen atoms in total. The van der Waals surface area contributed by atoms with E-state index in [1.54, 1.807) is 11.4 Å². The second kappa shape index (κ2) is 4.73. The minimum absolute atomic E-state index is 0.398. The van der Waals surface area contributed by atoms with Crippen molar-refractivity contribution in [3.05, 3.63) is 46.7 Å². The Labute approximate surface area is 107 Å². The zero-order valence-corrected chi connectivity index (χ0v) is 10.4. The molecule has 1 unspecified atom stereocenters. The molecule has 1 atom stereocenters. The molecule has 0 bridgehead atoms. The minimum Gasteiger partial charge on any atom is -0.479 e. The minimum atomic E-state index is -1.37. The van der Waals surface area contributed by atoms with Crippen LogP contribution in [0.2, 0.25) is 0 Å². The average molecular weight is 266 g/mol. The van der Waals surface area contributed by atoms with Crippen LogP contribution in [-0.4, -0.2) is 16.1 Å². The summed E-state index contributed by atoms with van der Waals surface area (Å²) in [6, 6.07) is 5.67. The molecule has 0 aliphatic heterocycles. The standard InChI is InChI=1S/C12H11FN2O2S/c1-12(11(16)17,10-14-5-6-18-10)15-9-4-2-3-8(13)7-9/h2-7,15H,1H3,(H,16,17). The first-order chi connectivity index (χ1) is 8.52. The molecule has 18 heavy (non-hydrogen) atoms. The Morgan fingerprint density at radius 1 is 1.56 bits per heavy atom. The number of aliphatic carboxylic acids is 1. The summed E-state index contributed by atoms with van der Waals surface area (Å²) in [7, 11) is 0. The molecule has 1 aromatic carbocycles. The van der Waals surface area contributed by atoms with Crippen molar-refractivity contribution >= 4 is 23.0 Å². The number of hydrogen-bond donors (Lipinski definition) is 2. The van der Waals surface area contributed by atoms with Crippen molar-refractivity contribution in [3.8, 4) is 0 Å². The molecule has 0 aliphatic rings. The van der Waals surface area contributed by atoms with Gasteiger partial charge in [0, 0.05) is 17.3 Å². The van der Waals surface area contributed by atoms with Crippen LogP contribution >= 0.6 is 11.3 Å². The summed E-state index contributed by atoms with van der Waals surface area (Å²) in [5.74, 6) is -1.49. The first-order valence-corrected chi connectivity index (χ1v) is 6.07. The second-order valence-corrected chi connectivity index (χ2v) is 4.80. The number of nitrogens with one attached hydrogen (secondary N) is 1. The van der Waals surface area contributed by atoms with E-state index in [1.165, 1.54) is 42.7 Å². The Morgan fingerprint density at radius 2 is 2.33 bits per heavy atom. The lowest BCUT2D eigenvalue weighted by Gasteiger charge is -2.25. The van der Waals surface area contributed by atoms with Gasteiger partial charge in [0.1, 0.15) is 10.8 Å². The second-order valence-electron chi connectivity index (χ2n) is 3.90. The molecule has 1 aromatic heterocycles. The smallest absolute Gasteiger partial charge is 0.336 e. The maximum atomic E-state index is 13.1. The van der Waals surface area contributed by atoms with Crippen molar-refractivity contribution in [1.82, 2.24) is 4.98 Å². The van der Waals surface area contributed by atoms with Gasteiger partial charge in [-0.25, -0.2) is 14.2 Å². The fraction of sp³-hybridized carbons (Fsp3) is 0.167. The van der Waals surface area contributed by atoms with Crippen molar-refractivity contribution in [2.45, 2.75) is 12.5 Å². The Kier molecular flexibility index (Phi) is 3.29. The molecule has 1 heterocycles. The van der Waals surface area contributed by atoms with E-state index in [1.807, 2.05) is 0 Å². The molecule has 2 aromatic rings. The quantitative estimate of drug-likeness (QED) is 0.893. The molecule has 2 rings (SSSR count). The number of hydrogen-bond acceptors (Lipinski definition) is 4. The number of carbonyl (C=O) groups is 1. The molecule has 0 fully saturated rings. The van der Waals surface area contributed by atoms with E-state index in [-0.39, 0.29) is 0 Å². The van der Waals surface area contributed by atoms with Gasteiger partial charge in [0.05, 0.1) is 0 Å². The molecule has 0 aliphatic carbocycles. The van der Waals surface area contributed by atoms with E-state index >= 15 is 0 Å². The highest BCUT2D eigenvalue weighted by Gasteiger charge is 2.37. The summed E-state index contributed by atoms with van der Waals surface area (Å²) in [6.07, 6.45) is 1.54. The fourth-order valence-corrected chi connectivity index (χ4v) is 2.27. The van der Waals surface area contributed by atoms with Crippen LogP contribution in [0.3, 0.4) is 0 Å². The molecule has 0 saturated carbocycles. The Hall–Kier alpha value is -1.95. The molecule has 2 N–H and O–H groups in total. The van der Waals surface area contributed by atoms with Crippen LogP contribution in [-0.2, 0) is 10.3 Å². The first kappa shape index (κ1) is 12.5. The normalized spacial score (nSPS) is 13.9. The molecular formula is C12H11FN2O2S. The first-order valence-electron chi connectivity index (χ1n) is 5.19. The fourth-order valence-electron chi connectivity index (χ4n) is 1.52. The van der Waals surface area contributed by atoms with Crippen molar-refractivity contribution in [1.29, 1.82) is 0 Å². The molecule has 0 amide bonds. The van der Waals surface area contributed by atoms with E-state index in [0.717, 1.165) is 0 Å². The van der Waals surface area contributed by atoms with E-state index in [2.05, 4.69) is 10.3 Å². The van der Waals surface area contributed by atoms with Gasteiger partial charge < -0.3 is 10.4 Å². The largest absolute Gasteiger partial charge is 0.479 e. The van der Waals surface area contributed by atoms with Crippen LogP contribution in [0.1, 0.15) is 11.9 Å². The van der Waals surface area contributed by atoms with Crippen molar-refractivity contribution in [2.24, 2.45) is 0 Å². The van der Waals surface area contributed by atoms with Gasteiger partial charge in [-0.05, 0) is 25.1 Å². The van der Waals surface area contributed by atoms with Crippen molar-refractivity contribution < 1.29 is 14.3 Å². The third kappa shape index (κ3) is 2.33. The van der Waals surface area contributed by atoms with Crippen LogP contribution in [0.5, 0.6) is 0 Å². The van der Waals surface area contributed by atoms with E-state index < -0.39 is 17.3 Å². The van der Waals surface area contributed by atoms with E-state index in [9.17, 15) is 14.3 Å². The predicted octanol–water partition coefficient (Wildman–Crippen LogP) is 2.69. The average Bonchev–Trinajstić information content (AvgIpc) is 2.82. The number of benzene rings is 1. The number of carboxylic acids is 1. The van der Waals surface area contributed by atoms with Crippen LogP contribution in [0.4, 0.5) is 10.1 Å². The predicted molar refractivity (Wildman–Crippen MR) is 67.1 cm³/mol. The van der Waals surface area contributed by atoms with Crippen molar-refractivity contribution in [3.63, 3.8) is 0 Å². The molecule has 0 saturated heterocycles. The number of carboxylic acid groups (broad SMARTS) is 1. The van der Waals surface area contributed by atoms with E-state index in [4.69, 9.17) is 0 Å². The zero-order valence-electron chi connectivity index (χ0n) is 9.55. The Balaban J connectivity index is 2.36. The zero-order chi connectivity index (χ0) is 13.2. The maximum absolute atomic E-state index is 13.1. The van der Waals surface area contributed by atoms with Gasteiger partial charge in [0.25, 0.3) is 0 Å². The highest BCUT2D eigenvalue weighted by molar-refractivity contribution is 7.09. The number of aromatic nitrogens is 1. The molecular weight excluding hydrogens is 255 g/mol. The van der Waals surface area contributed by atoms with Crippen LogP contribution in [0, 0.1) is 5.82 Å². The Morgan fingerprint density at radius 3 is 2.89 bits per heavy atom. The number of halogens is 1. The lowest BCUT2D eigenvalue weighted by molar-refractivity contribution is -0.142. The molecule has 6 heteroatoms. The van der Waals surface area contributed by atoms with Crippen LogP contribution in [0.25, 0.3) is 0 Å². The van der Waals surface area contributed by atoms with Gasteiger partial charge in [-0.2, -0.15) is 0 Å². The van der Waals surface area contributed by atoms with Gasteiger partial charge in [-0.1, -0.05) is 6.07 Å². The summed E-state index contributed by atoms with van der Waals surface area (Å²) in [5.41, 5.74) is -0.975. The lowest BCUT2D eigenvalue weighted by atomic mass is 10.0. The summed E-state index contributed by atoms with van der Waals surface area (Å²) in [4.78, 5) is 15.4. The highest BCUT2D eigenvalue weighted by atomic mass is 32.1. The summed E-state index contributed by atoms with van der Waals surface area (Å²) < 4.78 is 13.1. The van der Waals surface area contributed by atoms with Gasteiger partial charge in [0.15, 0.2) is 5.54 Å². The molecule has 0 spiro atoms. The van der Waals surface area contributed by atoms with Crippen LogP contribution < -0.4 is 5.32 Å². The summed E-state index contributed by atoms with van der Waals surface area (Å²) in [6.45, 7) is 1.50. The third-order valence-corrected chi connectivity index (χ3v) is 3.50. The van der Waals surface area contributed by atoms with Gasteiger partial charge in [0.2, 0.25) is 0 Å². The van der Waals surface area contributed by atoms with Gasteiger partial charge in [-0.15, -0.1) is 11.3 Å². The van der Waals surface area contributed by atoms with Crippen LogP contribution in [0.15, 0.2) is 35.8 Å². The van der Waals surface area contributed by atoms with Crippen molar-refractivity contribution in [2.75, 3.05) is 5.32 Å². The lowest BCUT2D eigenvalue weighted by Crippen LogP contribution is -2.40. The molecule has 94 valence electrons. The highest BCUT2D eigenvalue weighted by Crippen LogP contribution is 2.28. The Bertz CT molecular complexity index is 559. The number of nitrogens with zero attached hydrogens (tertiary/aromatic N) is 1. The monoisotopic (exact) mass is 266 g/mol. The summed E-state index contributed by atoms with van der Waals surface area (Å²) >= 11 is 1.23. The maximum Gasteiger partial charge on any atom is 0.336 e.